The highest BCUT2D eigenvalue weighted by molar-refractivity contribution is 8.00. The lowest BCUT2D eigenvalue weighted by molar-refractivity contribution is -0.113. The lowest BCUT2D eigenvalue weighted by atomic mass is 10.1. The van der Waals surface area contributed by atoms with Crippen LogP contribution in [0, 0.1) is 12.7 Å². The number of methoxy groups -OCH3 is 1. The minimum atomic E-state index is -0.291. The maximum Gasteiger partial charge on any atom is 0.236 e. The Kier molecular flexibility index (Phi) is 5.90. The average molecular weight is 388 g/mol. The molecule has 0 fully saturated rings. The van der Waals surface area contributed by atoms with Crippen LogP contribution in [0.5, 0.6) is 5.75 Å². The second-order valence-corrected chi connectivity index (χ2v) is 7.44. The molecule has 0 aliphatic rings. The molecular weight excluding hydrogens is 371 g/mol. The van der Waals surface area contributed by atoms with Gasteiger partial charge in [0.2, 0.25) is 5.91 Å². The molecule has 1 heterocycles. The molecule has 4 nitrogen and oxygen atoms in total. The van der Waals surface area contributed by atoms with Crippen molar-refractivity contribution in [3.63, 3.8) is 0 Å². The Balaban J connectivity index is 1.64. The van der Waals surface area contributed by atoms with E-state index in [1.54, 1.807) is 19.2 Å². The normalized spacial score (nSPS) is 10.6. The molecule has 0 aliphatic carbocycles. The van der Waals surface area contributed by atoms with Crippen molar-refractivity contribution in [3.05, 3.63) is 59.2 Å². The smallest absolute Gasteiger partial charge is 0.236 e. The molecule has 3 rings (SSSR count). The summed E-state index contributed by atoms with van der Waals surface area (Å²) in [6.45, 7) is 2.00. The van der Waals surface area contributed by atoms with Gasteiger partial charge in [0.1, 0.15) is 11.6 Å². The van der Waals surface area contributed by atoms with Gasteiger partial charge in [0.15, 0.2) is 5.13 Å². The lowest BCUT2D eigenvalue weighted by Gasteiger charge is -2.07. The minimum Gasteiger partial charge on any atom is -0.496 e. The zero-order valence-corrected chi connectivity index (χ0v) is 15.9. The van der Waals surface area contributed by atoms with Gasteiger partial charge in [0, 0.05) is 15.8 Å². The summed E-state index contributed by atoms with van der Waals surface area (Å²) in [5.41, 5.74) is 2.76. The Bertz CT molecular complexity index is 910. The molecule has 0 saturated carbocycles. The summed E-state index contributed by atoms with van der Waals surface area (Å²) in [5, 5.41) is 5.22. The number of hydrogen-bond acceptors (Lipinski definition) is 5. The van der Waals surface area contributed by atoms with Crippen molar-refractivity contribution in [1.82, 2.24) is 4.98 Å². The van der Waals surface area contributed by atoms with E-state index < -0.39 is 0 Å². The third-order valence-corrected chi connectivity index (χ3v) is 5.33. The minimum absolute atomic E-state index is 0.156. The molecule has 26 heavy (non-hydrogen) atoms. The zero-order valence-electron chi connectivity index (χ0n) is 14.3. The van der Waals surface area contributed by atoms with E-state index in [0.29, 0.717) is 5.13 Å². The van der Waals surface area contributed by atoms with Crippen molar-refractivity contribution in [3.8, 4) is 17.0 Å². The van der Waals surface area contributed by atoms with Gasteiger partial charge in [0.25, 0.3) is 0 Å². The molecule has 0 unspecified atom stereocenters. The fourth-order valence-electron chi connectivity index (χ4n) is 2.31. The third-order valence-electron chi connectivity index (χ3n) is 3.57. The van der Waals surface area contributed by atoms with E-state index in [9.17, 15) is 9.18 Å². The van der Waals surface area contributed by atoms with E-state index in [1.807, 2.05) is 30.5 Å². The number of benzene rings is 2. The van der Waals surface area contributed by atoms with Crippen molar-refractivity contribution in [2.75, 3.05) is 18.2 Å². The van der Waals surface area contributed by atoms with E-state index in [2.05, 4.69) is 10.3 Å². The Morgan fingerprint density at radius 2 is 2.04 bits per heavy atom. The van der Waals surface area contributed by atoms with Gasteiger partial charge in [-0.3, -0.25) is 4.79 Å². The van der Waals surface area contributed by atoms with Crippen LogP contribution in [0.2, 0.25) is 0 Å². The van der Waals surface area contributed by atoms with E-state index in [0.717, 1.165) is 27.5 Å². The van der Waals surface area contributed by atoms with Crippen LogP contribution in [0.15, 0.2) is 52.7 Å². The fourth-order valence-corrected chi connectivity index (χ4v) is 3.74. The fraction of sp³-hybridized carbons (Fsp3) is 0.158. The predicted molar refractivity (Wildman–Crippen MR) is 105 cm³/mol. The molecule has 1 aromatic heterocycles. The summed E-state index contributed by atoms with van der Waals surface area (Å²) in [5.74, 6) is 0.525. The Morgan fingerprint density at radius 1 is 1.27 bits per heavy atom. The predicted octanol–water partition coefficient (Wildman–Crippen LogP) is 5.00. The second kappa shape index (κ2) is 8.33. The average Bonchev–Trinajstić information content (AvgIpc) is 3.09. The van der Waals surface area contributed by atoms with Gasteiger partial charge in [0.05, 0.1) is 18.6 Å². The number of ether oxygens (including phenoxy) is 1. The van der Waals surface area contributed by atoms with Crippen LogP contribution in [0.25, 0.3) is 11.3 Å². The molecular formula is C19H17FN2O2S2. The summed E-state index contributed by atoms with van der Waals surface area (Å²) in [4.78, 5) is 17.4. The molecule has 0 bridgehead atoms. The summed E-state index contributed by atoms with van der Waals surface area (Å²) >= 11 is 2.71. The van der Waals surface area contributed by atoms with Crippen LogP contribution in [0.3, 0.4) is 0 Å². The standard InChI is InChI=1S/C19H17FN2O2S2/c1-12-3-8-17(24-2)15(9-12)16-10-26-19(21-16)22-18(23)11-25-14-6-4-13(20)5-7-14/h3-10H,11H2,1-2H3,(H,21,22,23). The number of nitrogens with zero attached hydrogens (tertiary/aromatic N) is 1. The first kappa shape index (κ1) is 18.4. The van der Waals surface area contributed by atoms with Crippen LogP contribution in [0.1, 0.15) is 5.56 Å². The highest BCUT2D eigenvalue weighted by Gasteiger charge is 2.12. The first-order valence-corrected chi connectivity index (χ1v) is 9.70. The molecule has 0 radical (unpaired) electrons. The highest BCUT2D eigenvalue weighted by atomic mass is 32.2. The Labute approximate surface area is 159 Å². The van der Waals surface area contributed by atoms with Gasteiger partial charge >= 0.3 is 0 Å². The second-order valence-electron chi connectivity index (χ2n) is 5.53. The van der Waals surface area contributed by atoms with Gasteiger partial charge in [-0.2, -0.15) is 0 Å². The summed E-state index contributed by atoms with van der Waals surface area (Å²) in [6.07, 6.45) is 0. The molecule has 0 saturated heterocycles. The monoisotopic (exact) mass is 388 g/mol. The van der Waals surface area contributed by atoms with Gasteiger partial charge < -0.3 is 10.1 Å². The molecule has 134 valence electrons. The molecule has 1 N–H and O–H groups in total. The Hall–Kier alpha value is -2.38. The number of rotatable bonds is 6. The van der Waals surface area contributed by atoms with Gasteiger partial charge in [-0.05, 0) is 43.3 Å². The first-order valence-electron chi connectivity index (χ1n) is 7.84. The maximum atomic E-state index is 12.9. The van der Waals surface area contributed by atoms with Crippen LogP contribution >= 0.6 is 23.1 Å². The van der Waals surface area contributed by atoms with Crippen LogP contribution < -0.4 is 10.1 Å². The van der Waals surface area contributed by atoms with Crippen LogP contribution in [-0.2, 0) is 4.79 Å². The maximum absolute atomic E-state index is 12.9. The summed E-state index contributed by atoms with van der Waals surface area (Å²) in [6, 6.07) is 11.9. The quantitative estimate of drug-likeness (QED) is 0.604. The van der Waals surface area contributed by atoms with E-state index in [-0.39, 0.29) is 17.5 Å². The number of anilines is 1. The number of thioether (sulfide) groups is 1. The number of thiazole rings is 1. The van der Waals surface area contributed by atoms with E-state index in [1.165, 1.54) is 35.2 Å². The molecule has 1 amide bonds. The van der Waals surface area contributed by atoms with Crippen molar-refractivity contribution >= 4 is 34.1 Å². The molecule has 3 aromatic rings. The summed E-state index contributed by atoms with van der Waals surface area (Å²) < 4.78 is 18.3. The van der Waals surface area contributed by atoms with Crippen LogP contribution in [0.4, 0.5) is 9.52 Å². The van der Waals surface area contributed by atoms with Crippen LogP contribution in [-0.4, -0.2) is 23.8 Å². The highest BCUT2D eigenvalue weighted by Crippen LogP contribution is 2.33. The van der Waals surface area contributed by atoms with E-state index >= 15 is 0 Å². The number of carbonyl (C=O) groups excluding carboxylic acids is 1. The lowest BCUT2D eigenvalue weighted by Crippen LogP contribution is -2.13. The van der Waals surface area contributed by atoms with Gasteiger partial charge in [-0.15, -0.1) is 23.1 Å². The summed E-state index contributed by atoms with van der Waals surface area (Å²) in [7, 11) is 1.62. The van der Waals surface area contributed by atoms with E-state index in [4.69, 9.17) is 4.74 Å². The largest absolute Gasteiger partial charge is 0.496 e. The number of amides is 1. The third kappa shape index (κ3) is 4.62. The number of aryl methyl sites for hydroxylation is 1. The first-order chi connectivity index (χ1) is 12.5. The number of hydrogen-bond donors (Lipinski definition) is 1. The molecule has 2 aromatic carbocycles. The topological polar surface area (TPSA) is 51.2 Å². The Morgan fingerprint density at radius 3 is 2.77 bits per heavy atom. The van der Waals surface area contributed by atoms with Crippen molar-refractivity contribution in [2.45, 2.75) is 11.8 Å². The van der Waals surface area contributed by atoms with Crippen molar-refractivity contribution in [2.24, 2.45) is 0 Å². The van der Waals surface area contributed by atoms with Gasteiger partial charge in [-0.25, -0.2) is 9.37 Å². The SMILES string of the molecule is COc1ccc(C)cc1-c1csc(NC(=O)CSc2ccc(F)cc2)n1. The number of carbonyl (C=O) groups is 1. The number of halogens is 1. The van der Waals surface area contributed by atoms with Crippen molar-refractivity contribution < 1.29 is 13.9 Å². The number of nitrogens with one attached hydrogen (secondary N) is 1. The molecule has 0 atom stereocenters. The zero-order chi connectivity index (χ0) is 18.5. The molecule has 0 spiro atoms. The molecule has 0 aliphatic heterocycles. The van der Waals surface area contributed by atoms with Crippen molar-refractivity contribution in [1.29, 1.82) is 0 Å². The van der Waals surface area contributed by atoms with Gasteiger partial charge in [-0.1, -0.05) is 11.6 Å². The molecule has 7 heteroatoms. The number of aromatic nitrogens is 1.